The minimum absolute atomic E-state index is 0.464. The van der Waals surface area contributed by atoms with Gasteiger partial charge in [0, 0.05) is 12.1 Å². The highest BCUT2D eigenvalue weighted by atomic mass is 16.6. The lowest BCUT2D eigenvalue weighted by Gasteiger charge is -2.23. The fourth-order valence-electron chi connectivity index (χ4n) is 2.25. The second-order valence-electron chi connectivity index (χ2n) is 5.85. The average molecular weight is 264 g/mol. The van der Waals surface area contributed by atoms with Crippen LogP contribution in [0, 0.1) is 0 Å². The summed E-state index contributed by atoms with van der Waals surface area (Å²) >= 11 is 0. The molecule has 0 bridgehead atoms. The zero-order valence-electron chi connectivity index (χ0n) is 11.4. The van der Waals surface area contributed by atoms with Gasteiger partial charge in [-0.05, 0) is 44.0 Å². The third-order valence-electron chi connectivity index (χ3n) is 2.99. The van der Waals surface area contributed by atoms with Crippen molar-refractivity contribution in [1.29, 1.82) is 0 Å². The van der Waals surface area contributed by atoms with E-state index in [-0.39, 0.29) is 0 Å². The third-order valence-corrected chi connectivity index (χ3v) is 2.99. The summed E-state index contributed by atoms with van der Waals surface area (Å²) in [6.45, 7) is 5.39. The van der Waals surface area contributed by atoms with Crippen LogP contribution in [0.25, 0.3) is 0 Å². The molecule has 0 fully saturated rings. The van der Waals surface area contributed by atoms with E-state index in [1.54, 1.807) is 32.9 Å². The molecule has 1 aliphatic carbocycles. The van der Waals surface area contributed by atoms with E-state index in [2.05, 4.69) is 5.32 Å². The number of alkyl carbamates (subject to hydrolysis) is 1. The fraction of sp³-hybridized carbons (Fsp3) is 0.500. The van der Waals surface area contributed by atoms with Crippen LogP contribution in [0.1, 0.15) is 37.9 Å². The van der Waals surface area contributed by atoms with Crippen LogP contribution >= 0.6 is 0 Å². The molecule has 0 heterocycles. The lowest BCUT2D eigenvalue weighted by atomic mass is 10.1. The number of hydrogen-bond acceptors (Lipinski definition) is 4. The van der Waals surface area contributed by atoms with E-state index in [0.717, 1.165) is 11.1 Å². The molecular weight excluding hydrogens is 244 g/mol. The number of nitrogens with one attached hydrogen (secondary N) is 1. The molecule has 5 nitrogen and oxygen atoms in total. The van der Waals surface area contributed by atoms with Crippen molar-refractivity contribution in [3.63, 3.8) is 0 Å². The van der Waals surface area contributed by atoms with Crippen molar-refractivity contribution in [1.82, 2.24) is 5.32 Å². The molecule has 1 aromatic carbocycles. The number of rotatable bonds is 1. The van der Waals surface area contributed by atoms with Crippen LogP contribution in [0.3, 0.4) is 0 Å². The van der Waals surface area contributed by atoms with Crippen molar-refractivity contribution >= 4 is 11.8 Å². The number of benzene rings is 1. The summed E-state index contributed by atoms with van der Waals surface area (Å²) in [6, 6.07) is 4.99. The van der Waals surface area contributed by atoms with Gasteiger partial charge in [-0.2, -0.15) is 0 Å². The second-order valence-corrected chi connectivity index (χ2v) is 5.85. The predicted molar refractivity (Wildman–Crippen MR) is 72.7 cm³/mol. The van der Waals surface area contributed by atoms with E-state index in [1.165, 1.54) is 0 Å². The number of nitrogens with two attached hydrogens (primary N) is 1. The average Bonchev–Trinajstić information content (AvgIpc) is 2.53. The summed E-state index contributed by atoms with van der Waals surface area (Å²) in [5, 5.41) is 12.7. The molecule has 0 saturated carbocycles. The Morgan fingerprint density at radius 1 is 1.47 bits per heavy atom. The first-order valence-electron chi connectivity index (χ1n) is 6.32. The third kappa shape index (κ3) is 3.17. The van der Waals surface area contributed by atoms with Gasteiger partial charge in [-0.15, -0.1) is 0 Å². The van der Waals surface area contributed by atoms with Crippen LogP contribution in [-0.4, -0.2) is 22.9 Å². The zero-order valence-corrected chi connectivity index (χ0v) is 11.4. The zero-order chi connectivity index (χ0) is 14.2. The minimum Gasteiger partial charge on any atom is -0.444 e. The SMILES string of the molecule is CC(C)(C)OC(=O)N[C@@H]1c2cc(N)ccc2C[C@H]1O. The number of carbonyl (C=O) groups is 1. The maximum Gasteiger partial charge on any atom is 0.408 e. The molecule has 0 saturated heterocycles. The first-order valence-corrected chi connectivity index (χ1v) is 6.32. The Morgan fingerprint density at radius 2 is 2.16 bits per heavy atom. The normalized spacial score (nSPS) is 21.9. The van der Waals surface area contributed by atoms with Gasteiger partial charge in [0.25, 0.3) is 0 Å². The number of carbonyl (C=O) groups excluding carboxylic acids is 1. The van der Waals surface area contributed by atoms with Crippen molar-refractivity contribution in [3.8, 4) is 0 Å². The van der Waals surface area contributed by atoms with Crippen molar-refractivity contribution in [2.75, 3.05) is 5.73 Å². The molecule has 1 aliphatic rings. The number of fused-ring (bicyclic) bond motifs is 1. The molecule has 5 heteroatoms. The molecule has 1 amide bonds. The number of aliphatic hydroxyl groups is 1. The summed E-state index contributed by atoms with van der Waals surface area (Å²) in [7, 11) is 0. The number of nitrogen functional groups attached to an aromatic ring is 1. The van der Waals surface area contributed by atoms with Crippen molar-refractivity contribution in [3.05, 3.63) is 29.3 Å². The molecule has 19 heavy (non-hydrogen) atoms. The fourth-order valence-corrected chi connectivity index (χ4v) is 2.25. The van der Waals surface area contributed by atoms with Gasteiger partial charge in [0.1, 0.15) is 5.60 Å². The summed E-state index contributed by atoms with van der Waals surface area (Å²) < 4.78 is 5.20. The molecule has 0 aromatic heterocycles. The minimum atomic E-state index is -0.649. The molecule has 4 N–H and O–H groups in total. The number of anilines is 1. The van der Waals surface area contributed by atoms with E-state index >= 15 is 0 Å². The van der Waals surface area contributed by atoms with E-state index in [9.17, 15) is 9.90 Å². The quantitative estimate of drug-likeness (QED) is 0.675. The predicted octanol–water partition coefficient (Wildman–Crippen LogP) is 1.75. The number of amides is 1. The van der Waals surface area contributed by atoms with E-state index in [4.69, 9.17) is 10.5 Å². The van der Waals surface area contributed by atoms with Crippen molar-refractivity contribution < 1.29 is 14.6 Å². The van der Waals surface area contributed by atoms with Crippen molar-refractivity contribution in [2.24, 2.45) is 0 Å². The Kier molecular flexibility index (Phi) is 3.41. The number of ether oxygens (including phenoxy) is 1. The van der Waals surface area contributed by atoms with Crippen LogP contribution in [0.15, 0.2) is 18.2 Å². The molecule has 1 aromatic rings. The second kappa shape index (κ2) is 4.74. The Balaban J connectivity index is 2.14. The smallest absolute Gasteiger partial charge is 0.408 e. The first-order chi connectivity index (χ1) is 8.76. The molecule has 0 unspecified atom stereocenters. The summed E-state index contributed by atoms with van der Waals surface area (Å²) in [5.74, 6) is 0. The summed E-state index contributed by atoms with van der Waals surface area (Å²) in [5.41, 5.74) is 7.66. The Bertz CT molecular complexity index is 494. The highest BCUT2D eigenvalue weighted by Crippen LogP contribution is 2.33. The Hall–Kier alpha value is -1.75. The van der Waals surface area contributed by atoms with Crippen LogP contribution < -0.4 is 11.1 Å². The van der Waals surface area contributed by atoms with Gasteiger partial charge in [-0.1, -0.05) is 6.07 Å². The van der Waals surface area contributed by atoms with Gasteiger partial charge >= 0.3 is 6.09 Å². The van der Waals surface area contributed by atoms with Gasteiger partial charge in [0.05, 0.1) is 12.1 Å². The van der Waals surface area contributed by atoms with Crippen LogP contribution in [0.4, 0.5) is 10.5 Å². The monoisotopic (exact) mass is 264 g/mol. The Labute approximate surface area is 112 Å². The maximum absolute atomic E-state index is 11.8. The Morgan fingerprint density at radius 3 is 2.79 bits per heavy atom. The molecular formula is C14H20N2O3. The highest BCUT2D eigenvalue weighted by molar-refractivity contribution is 5.69. The molecule has 0 radical (unpaired) electrons. The highest BCUT2D eigenvalue weighted by Gasteiger charge is 2.33. The largest absolute Gasteiger partial charge is 0.444 e. The van der Waals surface area contributed by atoms with E-state index in [1.807, 2.05) is 6.07 Å². The lowest BCUT2D eigenvalue weighted by Crippen LogP contribution is -2.38. The van der Waals surface area contributed by atoms with Crippen molar-refractivity contribution in [2.45, 2.75) is 44.9 Å². The number of hydrogen-bond donors (Lipinski definition) is 3. The maximum atomic E-state index is 11.8. The summed E-state index contributed by atoms with van der Waals surface area (Å²) in [4.78, 5) is 11.8. The van der Waals surface area contributed by atoms with Crippen LogP contribution in [0.5, 0.6) is 0 Å². The van der Waals surface area contributed by atoms with Gasteiger partial charge in [0.2, 0.25) is 0 Å². The van der Waals surface area contributed by atoms with Gasteiger partial charge < -0.3 is 20.9 Å². The van der Waals surface area contributed by atoms with Gasteiger partial charge in [-0.3, -0.25) is 0 Å². The van der Waals surface area contributed by atoms with Crippen LogP contribution in [-0.2, 0) is 11.2 Å². The van der Waals surface area contributed by atoms with E-state index < -0.39 is 23.8 Å². The molecule has 2 rings (SSSR count). The van der Waals surface area contributed by atoms with Gasteiger partial charge in [0.15, 0.2) is 0 Å². The molecule has 2 atom stereocenters. The first kappa shape index (κ1) is 13.7. The topological polar surface area (TPSA) is 84.6 Å². The standard InChI is InChI=1S/C14H20N2O3/c1-14(2,3)19-13(18)16-12-10-7-9(15)5-4-8(10)6-11(12)17/h4-5,7,11-12,17H,6,15H2,1-3H3,(H,16,18)/t11-,12-/m1/s1. The van der Waals surface area contributed by atoms with E-state index in [0.29, 0.717) is 12.1 Å². The van der Waals surface area contributed by atoms with Gasteiger partial charge in [-0.25, -0.2) is 4.79 Å². The summed E-state index contributed by atoms with van der Waals surface area (Å²) in [6.07, 6.45) is -0.674. The van der Waals surface area contributed by atoms with Crippen LogP contribution in [0.2, 0.25) is 0 Å². The number of aliphatic hydroxyl groups excluding tert-OH is 1. The molecule has 104 valence electrons. The lowest BCUT2D eigenvalue weighted by molar-refractivity contribution is 0.0438. The molecule has 0 aliphatic heterocycles. The molecule has 0 spiro atoms.